The first-order valence-electron chi connectivity index (χ1n) is 21.7. The Morgan fingerprint density at radius 1 is 0.500 bits per heavy atom. The molecule has 0 spiro atoms. The van der Waals surface area contributed by atoms with E-state index in [0.29, 0.717) is 19.6 Å². The summed E-state index contributed by atoms with van der Waals surface area (Å²) < 4.78 is 95.9. The second kappa shape index (κ2) is 44.8. The maximum absolute atomic E-state index is 11.2. The largest absolute Gasteiger partial charge is 1.00 e. The van der Waals surface area contributed by atoms with Crippen LogP contribution < -0.4 is 108 Å². The zero-order valence-electron chi connectivity index (χ0n) is 45.7. The Balaban J connectivity index is -0.000000420. The third-order valence-corrected chi connectivity index (χ3v) is 11.4. The van der Waals surface area contributed by atoms with E-state index in [9.17, 15) is 20.1 Å². The zero-order valence-corrected chi connectivity index (χ0v) is 50.9. The number of hydrogen-bond donors (Lipinski definition) is 5. The van der Waals surface area contributed by atoms with E-state index >= 15 is 0 Å². The Bertz CT molecular complexity index is 1320. The van der Waals surface area contributed by atoms with Crippen LogP contribution in [0.1, 0.15) is 7.85 Å². The number of carboxylic acid groups (broad SMARTS) is 1. The van der Waals surface area contributed by atoms with Crippen LogP contribution in [-0.2, 0) is 99.7 Å². The van der Waals surface area contributed by atoms with Crippen molar-refractivity contribution in [2.75, 3.05) is 126 Å². The molecular weight excluding hydrogens is 1030 g/mol. The van der Waals surface area contributed by atoms with Gasteiger partial charge in [0.2, 0.25) is 0 Å². The molecule has 0 aromatic carbocycles. The molecule has 27 nitrogen and oxygen atoms in total. The SMILES string of the molecule is C=CCC1OC(COC)C(OC)C(OC)C1OC.COC1OC(CO)C(O)C(O)C1O.COCC1OC(C(=O)O)C(OC)C(OC)C1OC.COCC1OC(OC)C(OC)C(OC)C1OC.O=CO[O-].[H-].[K+].[K+]. The molecule has 0 saturated carbocycles. The van der Waals surface area contributed by atoms with Crippen LogP contribution >= 0.6 is 0 Å². The summed E-state index contributed by atoms with van der Waals surface area (Å²) in [7, 11) is 21.8. The van der Waals surface area contributed by atoms with Crippen molar-refractivity contribution in [3.8, 4) is 0 Å². The molecule has 5 N–H and O–H groups in total. The van der Waals surface area contributed by atoms with Gasteiger partial charge in [0.25, 0.3) is 6.47 Å². The molecule has 0 amide bonds. The third-order valence-electron chi connectivity index (χ3n) is 11.4. The third kappa shape index (κ3) is 23.4. The summed E-state index contributed by atoms with van der Waals surface area (Å²) in [5.41, 5.74) is 0. The number of aliphatic carboxylic acids is 1. The van der Waals surface area contributed by atoms with Crippen LogP contribution in [0.5, 0.6) is 0 Å². The van der Waals surface area contributed by atoms with Crippen molar-refractivity contribution in [3.63, 3.8) is 0 Å². The number of hydrogen-bond acceptors (Lipinski definition) is 26. The number of aliphatic hydroxyl groups excluding tert-OH is 4. The van der Waals surface area contributed by atoms with Crippen molar-refractivity contribution in [2.45, 2.75) is 129 Å². The van der Waals surface area contributed by atoms with Crippen molar-refractivity contribution in [1.29, 1.82) is 0 Å². The topological polar surface area (TPSA) is 334 Å². The molecule has 0 radical (unpaired) electrons. The smallest absolute Gasteiger partial charge is 1.00 e. The number of methoxy groups -OCH3 is 14. The molecule has 72 heavy (non-hydrogen) atoms. The molecule has 4 heterocycles. The summed E-state index contributed by atoms with van der Waals surface area (Å²) in [5.74, 6) is -1.10. The molecule has 29 heteroatoms. The molecule has 0 aliphatic carbocycles. The fourth-order valence-corrected chi connectivity index (χ4v) is 8.13. The monoisotopic (exact) mass is 1110 g/mol. The van der Waals surface area contributed by atoms with Gasteiger partial charge in [0.1, 0.15) is 97.7 Å². The van der Waals surface area contributed by atoms with E-state index < -0.39 is 80.1 Å². The number of aliphatic hydroxyl groups is 4. The fraction of sp³-hybridized carbons (Fsp3) is 0.907. The minimum Gasteiger partial charge on any atom is -1.00 e. The molecular formula is C43H82K2O27. The number of carboxylic acids is 1. The number of carbonyl (C=O) groups excluding carboxylic acids is 1. The van der Waals surface area contributed by atoms with Gasteiger partial charge in [0.05, 0.1) is 32.5 Å². The molecule has 0 aromatic rings. The molecule has 4 aliphatic heterocycles. The summed E-state index contributed by atoms with van der Waals surface area (Å²) in [6.07, 6.45) is -9.12. The molecule has 4 saturated heterocycles. The Labute approximate surface area is 509 Å². The van der Waals surface area contributed by atoms with E-state index in [1.165, 1.54) is 35.5 Å². The first-order valence-corrected chi connectivity index (χ1v) is 21.7. The van der Waals surface area contributed by atoms with Gasteiger partial charge >= 0.3 is 109 Å². The van der Waals surface area contributed by atoms with E-state index in [0.717, 1.165) is 0 Å². The van der Waals surface area contributed by atoms with E-state index in [1.807, 2.05) is 6.08 Å². The van der Waals surface area contributed by atoms with Gasteiger partial charge in [-0.15, -0.1) is 6.58 Å². The van der Waals surface area contributed by atoms with Gasteiger partial charge in [-0.05, 0) is 6.42 Å². The zero-order chi connectivity index (χ0) is 53.5. The van der Waals surface area contributed by atoms with Crippen LogP contribution in [-0.4, -0.2) is 286 Å². The molecule has 418 valence electrons. The van der Waals surface area contributed by atoms with E-state index in [2.05, 4.69) is 11.5 Å². The average molecular weight is 1110 g/mol. The van der Waals surface area contributed by atoms with Crippen LogP contribution in [0.4, 0.5) is 0 Å². The summed E-state index contributed by atoms with van der Waals surface area (Å²) in [5, 5.41) is 54.2. The molecule has 4 rings (SSSR count). The quantitative estimate of drug-likeness (QED) is 0.0221. The predicted octanol–water partition coefficient (Wildman–Crippen LogP) is -9.41. The van der Waals surface area contributed by atoms with Gasteiger partial charge in [-0.3, -0.25) is 4.79 Å². The number of rotatable bonds is 22. The van der Waals surface area contributed by atoms with Gasteiger partial charge in [0, 0.05) is 99.5 Å². The maximum atomic E-state index is 11.2. The first-order chi connectivity index (χ1) is 33.6. The molecule has 20 atom stereocenters. The summed E-state index contributed by atoms with van der Waals surface area (Å²) in [4.78, 5) is 22.4. The molecule has 0 aromatic heterocycles. The summed E-state index contributed by atoms with van der Waals surface area (Å²) in [6, 6.07) is 0. The van der Waals surface area contributed by atoms with Gasteiger partial charge in [-0.2, -0.15) is 0 Å². The van der Waals surface area contributed by atoms with Gasteiger partial charge in [0.15, 0.2) is 18.7 Å². The van der Waals surface area contributed by atoms with Crippen LogP contribution in [0.2, 0.25) is 0 Å². The van der Waals surface area contributed by atoms with Crippen molar-refractivity contribution < 1.29 is 235 Å². The van der Waals surface area contributed by atoms with E-state index in [-0.39, 0.29) is 172 Å². The Morgan fingerprint density at radius 3 is 1.18 bits per heavy atom. The molecule has 4 fully saturated rings. The van der Waals surface area contributed by atoms with E-state index in [4.69, 9.17) is 106 Å². The van der Waals surface area contributed by atoms with Gasteiger partial charge in [-0.1, -0.05) is 6.08 Å². The van der Waals surface area contributed by atoms with Crippen molar-refractivity contribution in [2.24, 2.45) is 0 Å². The van der Waals surface area contributed by atoms with Gasteiger partial charge in [-0.25, -0.2) is 4.79 Å². The standard InChI is InChI=1S/C13H24O5.C11H20O7.C11H22O6.C7H14O6.CH2O3.2K.H/c1-6-7-9-11(15-3)13(17-5)12(16-4)10(18-9)8-14-2;1-14-5-6-7(15-2)8(16-3)9(17-4)10(18-6)11(12)13;1-12-6-7-8(13-2)9(14-3)10(15-4)11(16-5)17-7;1-12-7-6(11)5(10)4(9)3(2-8)13-7;2-1-4-3;;;/h6,9-13H,1,7-8H2,2-5H3;6-10H,5H2,1-4H3,(H,12,13);7-11H,6H2,1-5H3;3-11H,2H2,1H3;1,3H;;;/q;;;;;2*+1;-1/p-1. The normalized spacial score (nSPS) is 36.0. The minimum absolute atomic E-state index is 0. The second-order valence-electron chi connectivity index (χ2n) is 15.2. The Morgan fingerprint density at radius 2 is 0.847 bits per heavy atom. The van der Waals surface area contributed by atoms with Crippen molar-refractivity contribution in [3.05, 3.63) is 12.7 Å². The maximum Gasteiger partial charge on any atom is 1.00 e. The average Bonchev–Trinajstić information content (AvgIpc) is 3.37. The fourth-order valence-electron chi connectivity index (χ4n) is 8.13. The van der Waals surface area contributed by atoms with Gasteiger partial charge < -0.3 is 122 Å². The Kier molecular flexibility index (Phi) is 48.1. The number of carbonyl (C=O) groups is 2. The molecule has 0 bridgehead atoms. The minimum atomic E-state index is -1.36. The van der Waals surface area contributed by atoms with Crippen molar-refractivity contribution >= 4 is 12.4 Å². The van der Waals surface area contributed by atoms with Crippen LogP contribution in [0.3, 0.4) is 0 Å². The molecule has 4 aliphatic rings. The van der Waals surface area contributed by atoms with E-state index in [1.54, 1.807) is 64.0 Å². The summed E-state index contributed by atoms with van der Waals surface area (Å²) >= 11 is 0. The van der Waals surface area contributed by atoms with Crippen LogP contribution in [0, 0.1) is 0 Å². The Hall–Kier alpha value is 1.03. The molecule has 20 unspecified atom stereocenters. The van der Waals surface area contributed by atoms with Crippen LogP contribution in [0.15, 0.2) is 12.7 Å². The predicted molar refractivity (Wildman–Crippen MR) is 237 cm³/mol. The van der Waals surface area contributed by atoms with Crippen LogP contribution in [0.25, 0.3) is 0 Å². The first kappa shape index (κ1) is 77.3. The summed E-state index contributed by atoms with van der Waals surface area (Å²) in [6.45, 7) is 4.22. The second-order valence-corrected chi connectivity index (χ2v) is 15.2. The van der Waals surface area contributed by atoms with Crippen molar-refractivity contribution in [1.82, 2.24) is 0 Å². The number of ether oxygens (including phenoxy) is 18.